The zero-order valence-electron chi connectivity index (χ0n) is 9.58. The molecule has 90 valence electrons. The summed E-state index contributed by atoms with van der Waals surface area (Å²) in [6.45, 7) is 4.54. The molecule has 0 atom stereocenters. The second-order valence-electron chi connectivity index (χ2n) is 5.06. The molecule has 0 unspecified atom stereocenters. The molecule has 0 spiro atoms. The first-order valence-electron chi connectivity index (χ1n) is 5.81. The van der Waals surface area contributed by atoms with E-state index in [9.17, 15) is 8.42 Å². The van der Waals surface area contributed by atoms with Gasteiger partial charge in [-0.05, 0) is 37.0 Å². The van der Waals surface area contributed by atoms with E-state index >= 15 is 0 Å². The number of hydrogen-bond donors (Lipinski definition) is 0. The maximum absolute atomic E-state index is 10.8. The van der Waals surface area contributed by atoms with E-state index in [2.05, 4.69) is 13.8 Å². The summed E-state index contributed by atoms with van der Waals surface area (Å²) in [5, 5.41) is 0. The van der Waals surface area contributed by atoms with Crippen LogP contribution in [0.3, 0.4) is 0 Å². The average molecular weight is 253 g/mol. The van der Waals surface area contributed by atoms with E-state index in [4.69, 9.17) is 10.7 Å². The minimum absolute atomic E-state index is 0.144. The fraction of sp³-hybridized carbons (Fsp3) is 1.00. The normalized spacial score (nSPS) is 28.3. The summed E-state index contributed by atoms with van der Waals surface area (Å²) in [5.74, 6) is 2.33. The molecule has 0 heterocycles. The first-order valence-corrected chi connectivity index (χ1v) is 8.28. The Kier molecular flexibility index (Phi) is 4.91. The van der Waals surface area contributed by atoms with Crippen molar-refractivity contribution in [2.75, 3.05) is 5.75 Å². The first kappa shape index (κ1) is 13.3. The molecule has 0 N–H and O–H groups in total. The van der Waals surface area contributed by atoms with Crippen molar-refractivity contribution >= 4 is 19.7 Å². The van der Waals surface area contributed by atoms with Crippen molar-refractivity contribution in [3.63, 3.8) is 0 Å². The van der Waals surface area contributed by atoms with Gasteiger partial charge in [-0.1, -0.05) is 26.7 Å². The second-order valence-corrected chi connectivity index (χ2v) is 7.95. The van der Waals surface area contributed by atoms with Gasteiger partial charge in [0.1, 0.15) is 0 Å². The van der Waals surface area contributed by atoms with Gasteiger partial charge in [-0.15, -0.1) is 0 Å². The van der Waals surface area contributed by atoms with Crippen molar-refractivity contribution in [1.29, 1.82) is 0 Å². The predicted octanol–water partition coefficient (Wildman–Crippen LogP) is 3.41. The van der Waals surface area contributed by atoms with E-state index in [1.165, 1.54) is 25.7 Å². The molecule has 1 aliphatic rings. The Morgan fingerprint density at radius 1 is 1.20 bits per heavy atom. The minimum atomic E-state index is -3.28. The van der Waals surface area contributed by atoms with Crippen LogP contribution in [0.4, 0.5) is 0 Å². The largest absolute Gasteiger partial charge is 0.232 e. The molecule has 0 amide bonds. The van der Waals surface area contributed by atoms with Crippen molar-refractivity contribution in [2.45, 2.75) is 46.0 Å². The van der Waals surface area contributed by atoms with Crippen LogP contribution < -0.4 is 0 Å². The lowest BCUT2D eigenvalue weighted by Crippen LogP contribution is -2.19. The number of halogens is 1. The summed E-state index contributed by atoms with van der Waals surface area (Å²) in [5.41, 5.74) is 0. The third-order valence-corrected chi connectivity index (χ3v) is 4.79. The summed E-state index contributed by atoms with van der Waals surface area (Å²) in [4.78, 5) is 0. The third-order valence-electron chi connectivity index (χ3n) is 3.60. The van der Waals surface area contributed by atoms with E-state index < -0.39 is 9.05 Å². The Labute approximate surface area is 97.8 Å². The van der Waals surface area contributed by atoms with Gasteiger partial charge in [0, 0.05) is 10.7 Å². The lowest BCUT2D eigenvalue weighted by atomic mass is 9.76. The summed E-state index contributed by atoms with van der Waals surface area (Å²) in [6.07, 6.45) is 5.61. The molecule has 4 heteroatoms. The SMILES string of the molecule is CC(C)C1CCC(CCS(=O)(=O)Cl)CC1. The minimum Gasteiger partial charge on any atom is -0.212 e. The lowest BCUT2D eigenvalue weighted by Gasteiger charge is -2.30. The fourth-order valence-electron chi connectivity index (χ4n) is 2.45. The third kappa shape index (κ3) is 5.21. The Morgan fingerprint density at radius 2 is 1.73 bits per heavy atom. The van der Waals surface area contributed by atoms with E-state index in [0.717, 1.165) is 18.3 Å². The van der Waals surface area contributed by atoms with Gasteiger partial charge in [0.15, 0.2) is 0 Å². The quantitative estimate of drug-likeness (QED) is 0.719. The van der Waals surface area contributed by atoms with Crippen LogP contribution in [0.2, 0.25) is 0 Å². The molecule has 0 aliphatic heterocycles. The lowest BCUT2D eigenvalue weighted by molar-refractivity contribution is 0.221. The molecular formula is C11H21ClO2S. The topological polar surface area (TPSA) is 34.1 Å². The second kappa shape index (κ2) is 5.53. The van der Waals surface area contributed by atoms with Gasteiger partial charge in [-0.25, -0.2) is 8.42 Å². The molecule has 0 radical (unpaired) electrons. The number of hydrogen-bond acceptors (Lipinski definition) is 2. The highest BCUT2D eigenvalue weighted by molar-refractivity contribution is 8.13. The van der Waals surface area contributed by atoms with E-state index in [0.29, 0.717) is 5.92 Å². The molecule has 2 nitrogen and oxygen atoms in total. The summed E-state index contributed by atoms with van der Waals surface area (Å²) >= 11 is 0. The van der Waals surface area contributed by atoms with Crippen LogP contribution in [0.5, 0.6) is 0 Å². The van der Waals surface area contributed by atoms with Gasteiger partial charge in [0.05, 0.1) is 5.75 Å². The van der Waals surface area contributed by atoms with Gasteiger partial charge < -0.3 is 0 Å². The smallest absolute Gasteiger partial charge is 0.212 e. The summed E-state index contributed by atoms with van der Waals surface area (Å²) in [6, 6.07) is 0. The molecule has 1 fully saturated rings. The van der Waals surface area contributed by atoms with Crippen molar-refractivity contribution in [3.05, 3.63) is 0 Å². The van der Waals surface area contributed by atoms with Crippen LogP contribution in [0.15, 0.2) is 0 Å². The Morgan fingerprint density at radius 3 is 2.13 bits per heavy atom. The highest BCUT2D eigenvalue weighted by atomic mass is 35.7. The average Bonchev–Trinajstić information content (AvgIpc) is 2.14. The van der Waals surface area contributed by atoms with E-state index in [-0.39, 0.29) is 5.75 Å². The van der Waals surface area contributed by atoms with Crippen molar-refractivity contribution < 1.29 is 8.42 Å². The van der Waals surface area contributed by atoms with Crippen molar-refractivity contribution in [1.82, 2.24) is 0 Å². The van der Waals surface area contributed by atoms with Gasteiger partial charge in [-0.2, -0.15) is 0 Å². The molecule has 1 saturated carbocycles. The molecule has 0 aromatic heterocycles. The fourth-order valence-corrected chi connectivity index (χ4v) is 3.33. The molecule has 0 aromatic rings. The maximum atomic E-state index is 10.8. The highest BCUT2D eigenvalue weighted by Gasteiger charge is 2.23. The van der Waals surface area contributed by atoms with Crippen LogP contribution in [0.1, 0.15) is 46.0 Å². The van der Waals surface area contributed by atoms with Gasteiger partial charge in [0.25, 0.3) is 0 Å². The zero-order valence-corrected chi connectivity index (χ0v) is 11.1. The van der Waals surface area contributed by atoms with E-state index in [1.807, 2.05) is 0 Å². The molecule has 0 saturated heterocycles. The van der Waals surface area contributed by atoms with Crippen molar-refractivity contribution in [3.8, 4) is 0 Å². The van der Waals surface area contributed by atoms with Crippen LogP contribution in [0.25, 0.3) is 0 Å². The first-order chi connectivity index (χ1) is 6.88. The van der Waals surface area contributed by atoms with Crippen LogP contribution in [-0.4, -0.2) is 14.2 Å². The Bertz CT molecular complexity index is 277. The zero-order chi connectivity index (χ0) is 11.5. The van der Waals surface area contributed by atoms with E-state index in [1.54, 1.807) is 0 Å². The van der Waals surface area contributed by atoms with Gasteiger partial charge >= 0.3 is 0 Å². The van der Waals surface area contributed by atoms with Gasteiger partial charge in [0.2, 0.25) is 9.05 Å². The number of rotatable bonds is 4. The Balaban J connectivity index is 2.26. The Hall–Kier alpha value is 0.240. The summed E-state index contributed by atoms with van der Waals surface area (Å²) < 4.78 is 21.6. The standard InChI is InChI=1S/C11H21ClO2S/c1-9(2)11-5-3-10(4-6-11)7-8-15(12,13)14/h9-11H,3-8H2,1-2H3. The predicted molar refractivity (Wildman–Crippen MR) is 64.5 cm³/mol. The molecule has 0 bridgehead atoms. The molecule has 0 aromatic carbocycles. The van der Waals surface area contributed by atoms with Crippen LogP contribution in [0, 0.1) is 17.8 Å². The summed E-state index contributed by atoms with van der Waals surface area (Å²) in [7, 11) is 1.92. The van der Waals surface area contributed by atoms with Crippen molar-refractivity contribution in [2.24, 2.45) is 17.8 Å². The molecular weight excluding hydrogens is 232 g/mol. The molecule has 1 aliphatic carbocycles. The monoisotopic (exact) mass is 252 g/mol. The van der Waals surface area contributed by atoms with Gasteiger partial charge in [-0.3, -0.25) is 0 Å². The van der Waals surface area contributed by atoms with Crippen LogP contribution in [-0.2, 0) is 9.05 Å². The molecule has 15 heavy (non-hydrogen) atoms. The highest BCUT2D eigenvalue weighted by Crippen LogP contribution is 2.34. The molecule has 1 rings (SSSR count). The maximum Gasteiger partial charge on any atom is 0.232 e. The van der Waals surface area contributed by atoms with Crippen LogP contribution >= 0.6 is 10.7 Å².